The van der Waals surface area contributed by atoms with Crippen LogP contribution in [0.4, 0.5) is 5.69 Å². The molecular weight excluding hydrogens is 458 g/mol. The third kappa shape index (κ3) is 6.88. The van der Waals surface area contributed by atoms with Crippen LogP contribution in [0.25, 0.3) is 17.2 Å². The number of allylic oxidation sites excluding steroid dienone is 1. The first-order valence-electron chi connectivity index (χ1n) is 13.0. The molecule has 1 fully saturated rings. The van der Waals surface area contributed by atoms with E-state index in [9.17, 15) is 4.79 Å². The van der Waals surface area contributed by atoms with Crippen LogP contribution in [-0.4, -0.2) is 70.0 Å². The number of likely N-dealkylation sites (N-methyl/N-ethyl adjacent to an activating group) is 1. The van der Waals surface area contributed by atoms with E-state index in [4.69, 9.17) is 4.74 Å². The third-order valence-electron chi connectivity index (χ3n) is 6.97. The maximum Gasteiger partial charge on any atom is 0.186 e. The molecule has 4 rings (SSSR count). The Hall–Kier alpha value is -3.41. The molecule has 3 aromatic rings. The van der Waals surface area contributed by atoms with E-state index in [0.717, 1.165) is 49.5 Å². The van der Waals surface area contributed by atoms with E-state index < -0.39 is 0 Å². The van der Waals surface area contributed by atoms with Crippen molar-refractivity contribution in [3.05, 3.63) is 89.0 Å². The molecule has 5 nitrogen and oxygen atoms in total. The lowest BCUT2D eigenvalue weighted by atomic mass is 9.97. The van der Waals surface area contributed by atoms with Crippen molar-refractivity contribution in [1.82, 2.24) is 9.80 Å². The summed E-state index contributed by atoms with van der Waals surface area (Å²) in [6.07, 6.45) is 4.81. The second kappa shape index (κ2) is 12.2. The van der Waals surface area contributed by atoms with Gasteiger partial charge < -0.3 is 19.4 Å². The number of ether oxygens (including phenoxy) is 1. The highest BCUT2D eigenvalue weighted by molar-refractivity contribution is 6.08. The van der Waals surface area contributed by atoms with E-state index in [-0.39, 0.29) is 5.78 Å². The molecule has 1 aliphatic heterocycles. The zero-order valence-electron chi connectivity index (χ0n) is 22.8. The van der Waals surface area contributed by atoms with E-state index in [1.807, 2.05) is 38.4 Å². The minimum atomic E-state index is -0.00116. The second-order valence-electron chi connectivity index (χ2n) is 10.2. The molecule has 0 amide bonds. The van der Waals surface area contributed by atoms with Gasteiger partial charge in [0, 0.05) is 37.4 Å². The number of carbonyl (C=O) groups excluding carboxylic acids is 1. The van der Waals surface area contributed by atoms with E-state index in [2.05, 4.69) is 71.1 Å². The summed E-state index contributed by atoms with van der Waals surface area (Å²) in [7, 11) is 7.85. The van der Waals surface area contributed by atoms with Crippen molar-refractivity contribution in [3.8, 4) is 16.9 Å². The Morgan fingerprint density at radius 3 is 2.57 bits per heavy atom. The number of rotatable bonds is 8. The zero-order valence-corrected chi connectivity index (χ0v) is 22.8. The van der Waals surface area contributed by atoms with Gasteiger partial charge in [-0.15, -0.1) is 0 Å². The molecule has 0 unspecified atom stereocenters. The standard InChI is InChI=1S/C32H39N3O2/c1-24-9-6-7-10-30(24)26-19-25(20-28(21-26)35-16-8-15-34(4)17-18-35)11-14-32(36)31-13-12-29(37-5)22-27(31)23-33(2)3/h6-7,9-14,19-22H,8,15-18,23H2,1-5H3/b14-11+. The molecule has 0 aliphatic carbocycles. The van der Waals surface area contributed by atoms with Crippen molar-refractivity contribution in [2.75, 3.05) is 59.3 Å². The Labute approximate surface area is 222 Å². The van der Waals surface area contributed by atoms with Gasteiger partial charge in [-0.1, -0.05) is 30.3 Å². The van der Waals surface area contributed by atoms with Gasteiger partial charge in [-0.25, -0.2) is 0 Å². The first-order chi connectivity index (χ1) is 17.8. The summed E-state index contributed by atoms with van der Waals surface area (Å²) < 4.78 is 5.40. The molecule has 1 aliphatic rings. The fourth-order valence-electron chi connectivity index (χ4n) is 4.94. The SMILES string of the molecule is COc1ccc(C(=O)/C=C/c2cc(-c3ccccc3C)cc(N3CCCN(C)CC3)c2)c(CN(C)C)c1. The molecule has 194 valence electrons. The Morgan fingerprint density at radius 2 is 1.81 bits per heavy atom. The molecule has 37 heavy (non-hydrogen) atoms. The number of benzene rings is 3. The summed E-state index contributed by atoms with van der Waals surface area (Å²) in [5.74, 6) is 0.759. The molecule has 3 aromatic carbocycles. The summed E-state index contributed by atoms with van der Waals surface area (Å²) in [5.41, 5.74) is 7.55. The summed E-state index contributed by atoms with van der Waals surface area (Å²) in [5, 5.41) is 0. The van der Waals surface area contributed by atoms with Crippen LogP contribution < -0.4 is 9.64 Å². The summed E-state index contributed by atoms with van der Waals surface area (Å²) in [6.45, 7) is 7.01. The maximum atomic E-state index is 13.3. The molecule has 1 saturated heterocycles. The van der Waals surface area contributed by atoms with Gasteiger partial charge in [0.05, 0.1) is 7.11 Å². The number of nitrogens with zero attached hydrogens (tertiary/aromatic N) is 3. The van der Waals surface area contributed by atoms with Crippen LogP contribution in [-0.2, 0) is 6.54 Å². The highest BCUT2D eigenvalue weighted by Crippen LogP contribution is 2.30. The van der Waals surface area contributed by atoms with Crippen LogP contribution >= 0.6 is 0 Å². The third-order valence-corrected chi connectivity index (χ3v) is 6.97. The molecule has 0 radical (unpaired) electrons. The monoisotopic (exact) mass is 497 g/mol. The fraction of sp³-hybridized carbons (Fsp3) is 0.344. The van der Waals surface area contributed by atoms with Crippen molar-refractivity contribution < 1.29 is 9.53 Å². The molecular formula is C32H39N3O2. The largest absolute Gasteiger partial charge is 0.497 e. The molecule has 0 saturated carbocycles. The number of hydrogen-bond acceptors (Lipinski definition) is 5. The minimum Gasteiger partial charge on any atom is -0.497 e. The Kier molecular flexibility index (Phi) is 8.80. The lowest BCUT2D eigenvalue weighted by Gasteiger charge is -2.24. The van der Waals surface area contributed by atoms with Crippen molar-refractivity contribution in [2.24, 2.45) is 0 Å². The summed E-state index contributed by atoms with van der Waals surface area (Å²) in [4.78, 5) is 20.3. The van der Waals surface area contributed by atoms with E-state index >= 15 is 0 Å². The van der Waals surface area contributed by atoms with Crippen molar-refractivity contribution in [2.45, 2.75) is 19.9 Å². The topological polar surface area (TPSA) is 36.0 Å². The van der Waals surface area contributed by atoms with Gasteiger partial charge in [0.1, 0.15) is 5.75 Å². The molecule has 0 N–H and O–H groups in total. The van der Waals surface area contributed by atoms with Crippen LogP contribution in [0.5, 0.6) is 5.75 Å². The van der Waals surface area contributed by atoms with Gasteiger partial charge in [0.25, 0.3) is 0 Å². The van der Waals surface area contributed by atoms with Crippen molar-refractivity contribution in [3.63, 3.8) is 0 Å². The smallest absolute Gasteiger partial charge is 0.186 e. The normalized spacial score (nSPS) is 14.8. The van der Waals surface area contributed by atoms with Gasteiger partial charge in [-0.3, -0.25) is 4.79 Å². The van der Waals surface area contributed by atoms with Gasteiger partial charge in [-0.2, -0.15) is 0 Å². The number of ketones is 1. The van der Waals surface area contributed by atoms with Crippen LogP contribution in [0.15, 0.2) is 66.7 Å². The predicted molar refractivity (Wildman–Crippen MR) is 155 cm³/mol. The number of anilines is 1. The highest BCUT2D eigenvalue weighted by atomic mass is 16.5. The van der Waals surface area contributed by atoms with Gasteiger partial charge >= 0.3 is 0 Å². The molecule has 5 heteroatoms. The van der Waals surface area contributed by atoms with Crippen LogP contribution in [0.2, 0.25) is 0 Å². The number of hydrogen-bond donors (Lipinski definition) is 0. The van der Waals surface area contributed by atoms with E-state index in [1.54, 1.807) is 13.2 Å². The van der Waals surface area contributed by atoms with E-state index in [1.165, 1.54) is 22.4 Å². The minimum absolute atomic E-state index is 0.00116. The summed E-state index contributed by atoms with van der Waals surface area (Å²) in [6, 6.07) is 20.9. The Balaban J connectivity index is 1.69. The lowest BCUT2D eigenvalue weighted by Crippen LogP contribution is -2.28. The first-order valence-corrected chi connectivity index (χ1v) is 13.0. The predicted octanol–water partition coefficient (Wildman–Crippen LogP) is 5.77. The van der Waals surface area contributed by atoms with Gasteiger partial charge in [0.2, 0.25) is 0 Å². The van der Waals surface area contributed by atoms with Crippen LogP contribution in [0.3, 0.4) is 0 Å². The van der Waals surface area contributed by atoms with Gasteiger partial charge in [-0.05, 0) is 111 Å². The van der Waals surface area contributed by atoms with Gasteiger partial charge in [0.15, 0.2) is 5.78 Å². The molecule has 0 spiro atoms. The van der Waals surface area contributed by atoms with Crippen LogP contribution in [0.1, 0.15) is 33.5 Å². The average Bonchev–Trinajstić information content (AvgIpc) is 3.11. The Morgan fingerprint density at radius 1 is 1.00 bits per heavy atom. The Bertz CT molecular complexity index is 1260. The quantitative estimate of drug-likeness (QED) is 0.292. The summed E-state index contributed by atoms with van der Waals surface area (Å²) >= 11 is 0. The molecule has 0 bridgehead atoms. The highest BCUT2D eigenvalue weighted by Gasteiger charge is 2.15. The van der Waals surface area contributed by atoms with E-state index in [0.29, 0.717) is 12.1 Å². The zero-order chi connectivity index (χ0) is 26.4. The number of aryl methyl sites for hydroxylation is 1. The molecule has 0 atom stereocenters. The van der Waals surface area contributed by atoms with Crippen molar-refractivity contribution in [1.29, 1.82) is 0 Å². The molecule has 0 aromatic heterocycles. The number of carbonyl (C=O) groups is 1. The average molecular weight is 498 g/mol. The first kappa shape index (κ1) is 26.6. The fourth-order valence-corrected chi connectivity index (χ4v) is 4.94. The van der Waals surface area contributed by atoms with Crippen molar-refractivity contribution >= 4 is 17.5 Å². The maximum absolute atomic E-state index is 13.3. The lowest BCUT2D eigenvalue weighted by molar-refractivity contribution is 0.104. The molecule has 1 heterocycles. The number of methoxy groups -OCH3 is 1. The second-order valence-corrected chi connectivity index (χ2v) is 10.2. The van der Waals surface area contributed by atoms with Crippen LogP contribution in [0, 0.1) is 6.92 Å².